The van der Waals surface area contributed by atoms with Crippen LogP contribution < -0.4 is 20.7 Å². The van der Waals surface area contributed by atoms with Gasteiger partial charge in [0.05, 0.1) is 18.5 Å². The van der Waals surface area contributed by atoms with E-state index in [2.05, 4.69) is 20.9 Å². The lowest BCUT2D eigenvalue weighted by Gasteiger charge is -2.20. The Balaban J connectivity index is 1.52. The minimum atomic E-state index is -0.641. The molecule has 3 amide bonds. The Bertz CT molecular complexity index is 1130. The van der Waals surface area contributed by atoms with Gasteiger partial charge in [-0.05, 0) is 58.0 Å². The van der Waals surface area contributed by atoms with Crippen LogP contribution in [0.4, 0.5) is 21.0 Å². The molecule has 2 aromatic carbocycles. The Morgan fingerprint density at radius 1 is 1.06 bits per heavy atom. The Labute approximate surface area is 198 Å². The van der Waals surface area contributed by atoms with E-state index in [4.69, 9.17) is 13.9 Å². The van der Waals surface area contributed by atoms with Crippen molar-refractivity contribution in [3.63, 3.8) is 0 Å². The zero-order valence-electron chi connectivity index (χ0n) is 20.0. The highest BCUT2D eigenvalue weighted by atomic mass is 16.6. The number of amides is 3. The van der Waals surface area contributed by atoms with Crippen LogP contribution in [0.1, 0.15) is 32.0 Å². The van der Waals surface area contributed by atoms with Crippen molar-refractivity contribution >= 4 is 23.5 Å². The van der Waals surface area contributed by atoms with Gasteiger partial charge in [0.15, 0.2) is 0 Å². The van der Waals surface area contributed by atoms with Gasteiger partial charge >= 0.3 is 12.1 Å². The van der Waals surface area contributed by atoms with E-state index in [1.54, 1.807) is 45.2 Å². The number of rotatable bonds is 7. The molecule has 0 atom stereocenters. The fourth-order valence-electron chi connectivity index (χ4n) is 3.03. The number of methoxy groups -OCH3 is 1. The number of ether oxygens (including phenoxy) is 2. The van der Waals surface area contributed by atoms with Crippen molar-refractivity contribution in [2.75, 3.05) is 24.3 Å². The molecule has 0 aliphatic carbocycles. The van der Waals surface area contributed by atoms with Gasteiger partial charge in [0.2, 0.25) is 5.89 Å². The lowest BCUT2D eigenvalue weighted by molar-refractivity contribution is 0.0635. The number of oxazole rings is 1. The quantitative estimate of drug-likeness (QED) is 0.431. The van der Waals surface area contributed by atoms with E-state index in [-0.39, 0.29) is 0 Å². The highest BCUT2D eigenvalue weighted by molar-refractivity contribution is 5.92. The van der Waals surface area contributed by atoms with Gasteiger partial charge in [-0.1, -0.05) is 17.7 Å². The van der Waals surface area contributed by atoms with Gasteiger partial charge in [-0.15, -0.1) is 0 Å². The molecule has 0 saturated carbocycles. The molecule has 0 aliphatic rings. The topological polar surface area (TPSA) is 115 Å². The van der Waals surface area contributed by atoms with Crippen molar-refractivity contribution in [3.05, 3.63) is 60.0 Å². The first kappa shape index (κ1) is 24.6. The van der Waals surface area contributed by atoms with Crippen molar-refractivity contribution in [1.82, 2.24) is 10.3 Å². The van der Waals surface area contributed by atoms with Crippen LogP contribution in [-0.4, -0.2) is 36.4 Å². The summed E-state index contributed by atoms with van der Waals surface area (Å²) in [5.41, 5.74) is 3.02. The third-order valence-corrected chi connectivity index (χ3v) is 4.61. The van der Waals surface area contributed by atoms with Gasteiger partial charge in [0, 0.05) is 24.2 Å². The fourth-order valence-corrected chi connectivity index (χ4v) is 3.03. The zero-order valence-corrected chi connectivity index (χ0v) is 20.0. The number of anilines is 2. The van der Waals surface area contributed by atoms with Crippen molar-refractivity contribution in [2.24, 2.45) is 0 Å². The number of carbonyl (C=O) groups is 2. The maximum absolute atomic E-state index is 12.3. The van der Waals surface area contributed by atoms with E-state index in [9.17, 15) is 9.59 Å². The van der Waals surface area contributed by atoms with Gasteiger partial charge in [0.25, 0.3) is 0 Å². The molecule has 0 fully saturated rings. The van der Waals surface area contributed by atoms with Crippen LogP contribution in [0.25, 0.3) is 11.5 Å². The number of urea groups is 1. The first-order valence-corrected chi connectivity index (χ1v) is 10.9. The Hall–Kier alpha value is -4.01. The molecule has 34 heavy (non-hydrogen) atoms. The number of hydrogen-bond donors (Lipinski definition) is 3. The molecule has 0 saturated heterocycles. The summed E-state index contributed by atoms with van der Waals surface area (Å²) in [5, 5.41) is 8.16. The second kappa shape index (κ2) is 10.7. The van der Waals surface area contributed by atoms with E-state index in [0.29, 0.717) is 36.0 Å². The number of benzene rings is 2. The summed E-state index contributed by atoms with van der Waals surface area (Å²) in [6.07, 6.45) is 1.48. The van der Waals surface area contributed by atoms with Crippen LogP contribution in [0, 0.1) is 6.92 Å². The Morgan fingerprint density at radius 2 is 1.79 bits per heavy atom. The minimum Gasteiger partial charge on any atom is -0.495 e. The third kappa shape index (κ3) is 7.26. The third-order valence-electron chi connectivity index (χ3n) is 4.61. The molecular weight excluding hydrogens is 436 g/mol. The first-order valence-electron chi connectivity index (χ1n) is 10.9. The maximum Gasteiger partial charge on any atom is 0.412 e. The van der Waals surface area contributed by atoms with Gasteiger partial charge < -0.3 is 24.5 Å². The number of aromatic nitrogens is 1. The van der Waals surface area contributed by atoms with E-state index < -0.39 is 17.7 Å². The summed E-state index contributed by atoms with van der Waals surface area (Å²) in [6, 6.07) is 12.4. The highest BCUT2D eigenvalue weighted by Gasteiger charge is 2.18. The highest BCUT2D eigenvalue weighted by Crippen LogP contribution is 2.28. The van der Waals surface area contributed by atoms with Crippen molar-refractivity contribution in [3.8, 4) is 17.2 Å². The first-order chi connectivity index (χ1) is 16.1. The van der Waals surface area contributed by atoms with Gasteiger partial charge in [0.1, 0.15) is 17.6 Å². The molecule has 180 valence electrons. The van der Waals surface area contributed by atoms with E-state index in [0.717, 1.165) is 16.8 Å². The molecule has 0 unspecified atom stereocenters. The Morgan fingerprint density at radius 3 is 2.47 bits per heavy atom. The average molecular weight is 467 g/mol. The van der Waals surface area contributed by atoms with Crippen molar-refractivity contribution in [1.29, 1.82) is 0 Å². The average Bonchev–Trinajstić information content (AvgIpc) is 3.22. The van der Waals surface area contributed by atoms with Crippen LogP contribution in [-0.2, 0) is 11.2 Å². The largest absolute Gasteiger partial charge is 0.495 e. The molecule has 0 spiro atoms. The lowest BCUT2D eigenvalue weighted by Crippen LogP contribution is -2.30. The lowest BCUT2D eigenvalue weighted by atomic mass is 10.1. The molecule has 3 N–H and O–H groups in total. The molecule has 3 aromatic rings. The predicted octanol–water partition coefficient (Wildman–Crippen LogP) is 5.37. The molecule has 3 rings (SSSR count). The number of nitrogens with zero attached hydrogens (tertiary/aromatic N) is 1. The molecule has 0 radical (unpaired) electrons. The summed E-state index contributed by atoms with van der Waals surface area (Å²) in [7, 11) is 1.49. The maximum atomic E-state index is 12.3. The second-order valence-electron chi connectivity index (χ2n) is 8.68. The van der Waals surface area contributed by atoms with E-state index in [1.165, 1.54) is 7.11 Å². The van der Waals surface area contributed by atoms with Gasteiger partial charge in [-0.3, -0.25) is 5.32 Å². The van der Waals surface area contributed by atoms with E-state index >= 15 is 0 Å². The standard InChI is InChI=1S/C25H30N4O5/c1-16-6-8-17(9-7-16)22-27-19(15-33-22)12-13-26-23(30)28-18-10-11-21(32-5)20(14-18)29-24(31)34-25(2,3)4/h6-11,14-15H,12-13H2,1-5H3,(H,29,31)(H2,26,28,30). The van der Waals surface area contributed by atoms with Crippen LogP contribution in [0.15, 0.2) is 53.1 Å². The molecule has 0 bridgehead atoms. The zero-order chi connectivity index (χ0) is 24.7. The van der Waals surface area contributed by atoms with Gasteiger partial charge in [-0.25, -0.2) is 14.6 Å². The van der Waals surface area contributed by atoms with Crippen LogP contribution >= 0.6 is 0 Å². The molecule has 9 nitrogen and oxygen atoms in total. The summed E-state index contributed by atoms with van der Waals surface area (Å²) in [4.78, 5) is 28.9. The van der Waals surface area contributed by atoms with E-state index in [1.807, 2.05) is 31.2 Å². The van der Waals surface area contributed by atoms with Crippen LogP contribution in [0.2, 0.25) is 0 Å². The van der Waals surface area contributed by atoms with Crippen molar-refractivity contribution < 1.29 is 23.5 Å². The summed E-state index contributed by atoms with van der Waals surface area (Å²) in [6.45, 7) is 7.70. The van der Waals surface area contributed by atoms with Crippen molar-refractivity contribution in [2.45, 2.75) is 39.7 Å². The fraction of sp³-hybridized carbons (Fsp3) is 0.320. The molecule has 1 heterocycles. The normalized spacial score (nSPS) is 11.0. The monoisotopic (exact) mass is 466 g/mol. The molecule has 9 heteroatoms. The molecule has 0 aliphatic heterocycles. The number of carbonyl (C=O) groups excluding carboxylic acids is 2. The summed E-state index contributed by atoms with van der Waals surface area (Å²) >= 11 is 0. The summed E-state index contributed by atoms with van der Waals surface area (Å²) < 4.78 is 16.1. The predicted molar refractivity (Wildman–Crippen MR) is 130 cm³/mol. The second-order valence-corrected chi connectivity index (χ2v) is 8.68. The molecule has 1 aromatic heterocycles. The number of aryl methyl sites for hydroxylation is 1. The Kier molecular flexibility index (Phi) is 7.78. The SMILES string of the molecule is COc1ccc(NC(=O)NCCc2coc(-c3ccc(C)cc3)n2)cc1NC(=O)OC(C)(C)C. The smallest absolute Gasteiger partial charge is 0.412 e. The number of nitrogens with one attached hydrogen (secondary N) is 3. The van der Waals surface area contributed by atoms with Crippen LogP contribution in [0.3, 0.4) is 0 Å². The minimum absolute atomic E-state index is 0.366. The van der Waals surface area contributed by atoms with Crippen LogP contribution in [0.5, 0.6) is 5.75 Å². The molecular formula is C25H30N4O5. The van der Waals surface area contributed by atoms with Gasteiger partial charge in [-0.2, -0.15) is 0 Å². The summed E-state index contributed by atoms with van der Waals surface area (Å²) in [5.74, 6) is 0.981. The number of hydrogen-bond acceptors (Lipinski definition) is 6.